The molecule has 2 heteroatoms. The summed E-state index contributed by atoms with van der Waals surface area (Å²) in [5.41, 5.74) is 0. The fourth-order valence-corrected chi connectivity index (χ4v) is 1.03. The SMILES string of the molecule is C[C@@H]1CCCNC1.P. The Morgan fingerprint density at radius 2 is 2.25 bits per heavy atom. The minimum Gasteiger partial charge on any atom is -0.316 e. The third-order valence-electron chi connectivity index (χ3n) is 1.54. The largest absolute Gasteiger partial charge is 0.316 e. The molecular weight excluding hydrogens is 117 g/mol. The molecule has 0 saturated carbocycles. The molecule has 0 amide bonds. The first kappa shape index (κ1) is 8.39. The van der Waals surface area contributed by atoms with Crippen LogP contribution in [0.15, 0.2) is 0 Å². The quantitative estimate of drug-likeness (QED) is 0.487. The van der Waals surface area contributed by atoms with E-state index in [1.54, 1.807) is 0 Å². The van der Waals surface area contributed by atoms with Crippen molar-refractivity contribution >= 4 is 9.90 Å². The van der Waals surface area contributed by atoms with Crippen LogP contribution in [0.3, 0.4) is 0 Å². The first-order valence-corrected chi connectivity index (χ1v) is 3.10. The summed E-state index contributed by atoms with van der Waals surface area (Å²) in [4.78, 5) is 0. The molecule has 1 fully saturated rings. The summed E-state index contributed by atoms with van der Waals surface area (Å²) in [5.74, 6) is 0.925. The standard InChI is InChI=1S/C6H13N.H3P/c1-6-3-2-4-7-5-6;/h6-7H,2-5H2,1H3;1H3/t6-;/m1./s1. The predicted molar refractivity (Wildman–Crippen MR) is 42.4 cm³/mol. The molecule has 0 aliphatic carbocycles. The lowest BCUT2D eigenvalue weighted by atomic mass is 10.0. The van der Waals surface area contributed by atoms with Crippen molar-refractivity contribution in [2.75, 3.05) is 13.1 Å². The minimum atomic E-state index is 0. The lowest BCUT2D eigenvalue weighted by molar-refractivity contribution is 0.405. The Bertz CT molecular complexity index is 50.5. The first-order chi connectivity index (χ1) is 3.39. The lowest BCUT2D eigenvalue weighted by Gasteiger charge is -2.17. The topological polar surface area (TPSA) is 12.0 Å². The van der Waals surface area contributed by atoms with Gasteiger partial charge in [-0.15, -0.1) is 0 Å². The van der Waals surface area contributed by atoms with E-state index < -0.39 is 0 Å². The van der Waals surface area contributed by atoms with E-state index >= 15 is 0 Å². The van der Waals surface area contributed by atoms with Crippen LogP contribution in [-0.4, -0.2) is 13.1 Å². The maximum absolute atomic E-state index is 3.33. The van der Waals surface area contributed by atoms with E-state index in [2.05, 4.69) is 12.2 Å². The zero-order valence-electron chi connectivity index (χ0n) is 5.61. The van der Waals surface area contributed by atoms with Crippen LogP contribution in [0, 0.1) is 5.92 Å². The third-order valence-corrected chi connectivity index (χ3v) is 1.54. The molecule has 2 atom stereocenters. The molecule has 8 heavy (non-hydrogen) atoms. The van der Waals surface area contributed by atoms with Gasteiger partial charge in [-0.05, 0) is 31.8 Å². The van der Waals surface area contributed by atoms with Gasteiger partial charge >= 0.3 is 0 Å². The fourth-order valence-electron chi connectivity index (χ4n) is 1.03. The molecule has 0 radical (unpaired) electrons. The van der Waals surface area contributed by atoms with Gasteiger partial charge in [0.15, 0.2) is 0 Å². The Hall–Kier alpha value is 0.390. The van der Waals surface area contributed by atoms with E-state index in [0.717, 1.165) is 5.92 Å². The van der Waals surface area contributed by atoms with Crippen molar-refractivity contribution in [3.8, 4) is 0 Å². The molecule has 0 bridgehead atoms. The molecule has 1 nitrogen and oxygen atoms in total. The molecule has 50 valence electrons. The monoisotopic (exact) mass is 133 g/mol. The van der Waals surface area contributed by atoms with Crippen LogP contribution in [0.4, 0.5) is 0 Å². The van der Waals surface area contributed by atoms with Crippen molar-refractivity contribution < 1.29 is 0 Å². The van der Waals surface area contributed by atoms with Gasteiger partial charge in [0.2, 0.25) is 0 Å². The highest BCUT2D eigenvalue weighted by molar-refractivity contribution is 6.92. The fraction of sp³-hybridized carbons (Fsp3) is 1.00. The van der Waals surface area contributed by atoms with Crippen molar-refractivity contribution in [2.45, 2.75) is 19.8 Å². The molecule has 1 rings (SSSR count). The highest BCUT2D eigenvalue weighted by Crippen LogP contribution is 2.06. The second-order valence-corrected chi connectivity index (χ2v) is 2.45. The first-order valence-electron chi connectivity index (χ1n) is 3.10. The second kappa shape index (κ2) is 4.29. The van der Waals surface area contributed by atoms with Gasteiger partial charge in [-0.2, -0.15) is 9.90 Å². The summed E-state index contributed by atoms with van der Waals surface area (Å²) >= 11 is 0. The smallest absolute Gasteiger partial charge is 0.00231 e. The number of rotatable bonds is 0. The van der Waals surface area contributed by atoms with Gasteiger partial charge in [0, 0.05) is 0 Å². The number of nitrogens with one attached hydrogen (secondary N) is 1. The summed E-state index contributed by atoms with van der Waals surface area (Å²) in [6.45, 7) is 4.77. The van der Waals surface area contributed by atoms with E-state index in [-0.39, 0.29) is 9.90 Å². The molecule has 1 unspecified atom stereocenters. The van der Waals surface area contributed by atoms with Crippen molar-refractivity contribution in [3.63, 3.8) is 0 Å². The summed E-state index contributed by atoms with van der Waals surface area (Å²) < 4.78 is 0. The predicted octanol–water partition coefficient (Wildman–Crippen LogP) is 1.06. The van der Waals surface area contributed by atoms with E-state index in [1.807, 2.05) is 0 Å². The van der Waals surface area contributed by atoms with Crippen LogP contribution in [0.5, 0.6) is 0 Å². The Morgan fingerprint density at radius 3 is 2.50 bits per heavy atom. The summed E-state index contributed by atoms with van der Waals surface area (Å²) in [6, 6.07) is 0. The zero-order chi connectivity index (χ0) is 5.11. The molecule has 1 aliphatic rings. The van der Waals surface area contributed by atoms with Crippen LogP contribution in [0.1, 0.15) is 19.8 Å². The molecule has 0 aromatic heterocycles. The van der Waals surface area contributed by atoms with Crippen LogP contribution in [0.25, 0.3) is 0 Å². The molecule has 0 aromatic carbocycles. The number of hydrogen-bond acceptors (Lipinski definition) is 1. The van der Waals surface area contributed by atoms with Crippen LogP contribution in [-0.2, 0) is 0 Å². The summed E-state index contributed by atoms with van der Waals surface area (Å²) in [7, 11) is 0. The van der Waals surface area contributed by atoms with Gasteiger partial charge in [0.05, 0.1) is 0 Å². The summed E-state index contributed by atoms with van der Waals surface area (Å²) in [5, 5.41) is 3.33. The van der Waals surface area contributed by atoms with Gasteiger partial charge in [-0.25, -0.2) is 0 Å². The van der Waals surface area contributed by atoms with Gasteiger partial charge in [0.25, 0.3) is 0 Å². The Labute approximate surface area is 54.9 Å². The highest BCUT2D eigenvalue weighted by Gasteiger charge is 2.04. The Morgan fingerprint density at radius 1 is 1.50 bits per heavy atom. The van der Waals surface area contributed by atoms with Crippen molar-refractivity contribution in [2.24, 2.45) is 5.92 Å². The maximum atomic E-state index is 3.33. The second-order valence-electron chi connectivity index (χ2n) is 2.45. The Balaban J connectivity index is 0.000000490. The van der Waals surface area contributed by atoms with Crippen molar-refractivity contribution in [1.82, 2.24) is 5.32 Å². The van der Waals surface area contributed by atoms with Gasteiger partial charge in [-0.3, -0.25) is 0 Å². The van der Waals surface area contributed by atoms with Gasteiger partial charge in [0.1, 0.15) is 0 Å². The van der Waals surface area contributed by atoms with Gasteiger partial charge < -0.3 is 5.32 Å². The van der Waals surface area contributed by atoms with Crippen LogP contribution >= 0.6 is 9.90 Å². The van der Waals surface area contributed by atoms with E-state index in [4.69, 9.17) is 0 Å². The van der Waals surface area contributed by atoms with Crippen molar-refractivity contribution in [1.29, 1.82) is 0 Å². The van der Waals surface area contributed by atoms with E-state index in [9.17, 15) is 0 Å². The molecule has 1 aliphatic heterocycles. The molecule has 0 spiro atoms. The van der Waals surface area contributed by atoms with E-state index in [1.165, 1.54) is 25.9 Å². The molecule has 1 N–H and O–H groups in total. The maximum Gasteiger partial charge on any atom is -0.00231 e. The summed E-state index contributed by atoms with van der Waals surface area (Å²) in [6.07, 6.45) is 2.80. The van der Waals surface area contributed by atoms with Gasteiger partial charge in [-0.1, -0.05) is 6.92 Å². The third kappa shape index (κ3) is 2.64. The van der Waals surface area contributed by atoms with Crippen molar-refractivity contribution in [3.05, 3.63) is 0 Å². The Kier molecular flexibility index (Phi) is 4.50. The minimum absolute atomic E-state index is 0. The molecule has 0 aromatic rings. The molecular formula is C6H16NP. The molecule has 1 heterocycles. The average molecular weight is 133 g/mol. The molecule has 1 saturated heterocycles. The van der Waals surface area contributed by atoms with Crippen LogP contribution < -0.4 is 5.32 Å². The normalized spacial score (nSPS) is 28.9. The average Bonchev–Trinajstić information content (AvgIpc) is 1.69. The van der Waals surface area contributed by atoms with E-state index in [0.29, 0.717) is 0 Å². The zero-order valence-corrected chi connectivity index (χ0v) is 7.03. The lowest BCUT2D eigenvalue weighted by Crippen LogP contribution is -2.27. The number of hydrogen-bond donors (Lipinski definition) is 1. The van der Waals surface area contributed by atoms with Crippen LogP contribution in [0.2, 0.25) is 0 Å². The highest BCUT2D eigenvalue weighted by atomic mass is 31.0. The number of piperidine rings is 1.